The number of halogens is 2. The summed E-state index contributed by atoms with van der Waals surface area (Å²) in [6.07, 6.45) is 1.66. The van der Waals surface area contributed by atoms with Gasteiger partial charge in [-0.3, -0.25) is 14.0 Å². The second kappa shape index (κ2) is 8.70. The van der Waals surface area contributed by atoms with Crippen molar-refractivity contribution in [2.45, 2.75) is 0 Å². The van der Waals surface area contributed by atoms with Gasteiger partial charge in [0.1, 0.15) is 0 Å². The maximum Gasteiger partial charge on any atom is 0.257 e. The molecule has 1 aromatic heterocycles. The number of pyridine rings is 1. The highest BCUT2D eigenvalue weighted by Crippen LogP contribution is 2.30. The summed E-state index contributed by atoms with van der Waals surface area (Å²) in [6.45, 7) is 0. The van der Waals surface area contributed by atoms with Crippen LogP contribution in [0.2, 0.25) is 10.0 Å². The summed E-state index contributed by atoms with van der Waals surface area (Å²) in [6, 6.07) is 14.9. The van der Waals surface area contributed by atoms with Gasteiger partial charge in [-0.1, -0.05) is 29.3 Å². The van der Waals surface area contributed by atoms with Crippen molar-refractivity contribution in [2.24, 2.45) is 0 Å². The van der Waals surface area contributed by atoms with Gasteiger partial charge >= 0.3 is 0 Å². The molecule has 28 heavy (non-hydrogen) atoms. The minimum Gasteiger partial charge on any atom is -0.755 e. The Morgan fingerprint density at radius 3 is 2.54 bits per heavy atom. The van der Waals surface area contributed by atoms with E-state index in [9.17, 15) is 13.6 Å². The third-order valence-electron chi connectivity index (χ3n) is 3.95. The molecule has 0 aliphatic carbocycles. The van der Waals surface area contributed by atoms with Crippen LogP contribution in [-0.4, -0.2) is 26.7 Å². The van der Waals surface area contributed by atoms with Gasteiger partial charge < -0.3 is 14.2 Å². The lowest BCUT2D eigenvalue weighted by atomic mass is 10.1. The first-order valence-electron chi connectivity index (χ1n) is 8.02. The Morgan fingerprint density at radius 2 is 1.89 bits per heavy atom. The van der Waals surface area contributed by atoms with Crippen molar-refractivity contribution in [1.29, 1.82) is 0 Å². The average Bonchev–Trinajstić information content (AvgIpc) is 2.69. The topological polar surface area (TPSA) is 85.4 Å². The lowest BCUT2D eigenvalue weighted by Gasteiger charge is -2.21. The minimum atomic E-state index is -2.44. The van der Waals surface area contributed by atoms with E-state index >= 15 is 0 Å². The lowest BCUT2D eigenvalue weighted by molar-refractivity contribution is 0.102. The van der Waals surface area contributed by atoms with E-state index in [1.807, 2.05) is 12.1 Å². The Morgan fingerprint density at radius 1 is 1.11 bits per heavy atom. The van der Waals surface area contributed by atoms with Crippen molar-refractivity contribution in [3.63, 3.8) is 0 Å². The summed E-state index contributed by atoms with van der Waals surface area (Å²) in [7, 11) is 1.38. The van der Waals surface area contributed by atoms with Crippen molar-refractivity contribution in [3.8, 4) is 11.3 Å². The number of carbonyl (C=O) groups is 1. The van der Waals surface area contributed by atoms with Gasteiger partial charge in [0, 0.05) is 41.4 Å². The number of benzene rings is 2. The van der Waals surface area contributed by atoms with Crippen LogP contribution in [0.4, 0.5) is 11.4 Å². The monoisotopic (exact) mass is 434 g/mol. The number of rotatable bonds is 5. The summed E-state index contributed by atoms with van der Waals surface area (Å²) in [5.41, 5.74) is 2.44. The van der Waals surface area contributed by atoms with Crippen LogP contribution in [0.5, 0.6) is 0 Å². The Bertz CT molecular complexity index is 1050. The van der Waals surface area contributed by atoms with Crippen LogP contribution in [0.15, 0.2) is 60.8 Å². The molecule has 1 atom stereocenters. The molecule has 144 valence electrons. The standard InChI is InChI=1S/C19H15Cl2N3O3S/c1-24(28(26)27)13-6-7-14(17(21)11-13)19(25)23-12-5-8-16(20)15(10-12)18-4-2-3-9-22-18/h2-11H,1H3,(H,23,25)(H,26,27)/p-1. The van der Waals surface area contributed by atoms with Crippen LogP contribution in [0, 0.1) is 0 Å². The molecule has 6 nitrogen and oxygen atoms in total. The van der Waals surface area contributed by atoms with Crippen LogP contribution >= 0.6 is 23.2 Å². The van der Waals surface area contributed by atoms with Gasteiger partial charge in [-0.25, -0.2) is 0 Å². The highest BCUT2D eigenvalue weighted by molar-refractivity contribution is 7.80. The molecule has 0 bridgehead atoms. The van der Waals surface area contributed by atoms with Gasteiger partial charge in [0.15, 0.2) is 0 Å². The van der Waals surface area contributed by atoms with Gasteiger partial charge in [0.25, 0.3) is 5.91 Å². The van der Waals surface area contributed by atoms with Crippen molar-refractivity contribution < 1.29 is 13.6 Å². The highest BCUT2D eigenvalue weighted by atomic mass is 35.5. The summed E-state index contributed by atoms with van der Waals surface area (Å²) < 4.78 is 23.1. The van der Waals surface area contributed by atoms with Crippen LogP contribution in [0.25, 0.3) is 11.3 Å². The second-order valence-electron chi connectivity index (χ2n) is 5.74. The first-order chi connectivity index (χ1) is 13.4. The molecule has 0 fully saturated rings. The number of nitrogens with zero attached hydrogens (tertiary/aromatic N) is 2. The van der Waals surface area contributed by atoms with E-state index in [1.54, 1.807) is 30.5 Å². The van der Waals surface area contributed by atoms with Crippen LogP contribution in [0.3, 0.4) is 0 Å². The summed E-state index contributed by atoms with van der Waals surface area (Å²) in [5, 5.41) is 3.40. The molecule has 0 spiro atoms. The predicted molar refractivity (Wildman–Crippen MR) is 111 cm³/mol. The van der Waals surface area contributed by atoms with E-state index in [-0.39, 0.29) is 10.6 Å². The molecule has 2 aromatic carbocycles. The second-order valence-corrected chi connectivity index (χ2v) is 7.54. The number of anilines is 2. The number of carbonyl (C=O) groups excluding carboxylic acids is 1. The maximum atomic E-state index is 12.6. The molecule has 0 saturated carbocycles. The maximum absolute atomic E-state index is 12.6. The van der Waals surface area contributed by atoms with Crippen molar-refractivity contribution in [2.75, 3.05) is 16.7 Å². The molecular weight excluding hydrogens is 421 g/mol. The van der Waals surface area contributed by atoms with Crippen molar-refractivity contribution >= 4 is 51.8 Å². The van der Waals surface area contributed by atoms with Crippen LogP contribution < -0.4 is 9.62 Å². The van der Waals surface area contributed by atoms with Crippen LogP contribution in [0.1, 0.15) is 10.4 Å². The zero-order chi connectivity index (χ0) is 20.3. The molecule has 0 saturated heterocycles. The van der Waals surface area contributed by atoms with Gasteiger partial charge in [-0.2, -0.15) is 0 Å². The van der Waals surface area contributed by atoms with Gasteiger partial charge in [-0.15, -0.1) is 0 Å². The third-order valence-corrected chi connectivity index (χ3v) is 5.25. The number of aromatic nitrogens is 1. The average molecular weight is 435 g/mol. The SMILES string of the molecule is CN(c1ccc(C(=O)Nc2ccc(Cl)c(-c3ccccn3)c2)c(Cl)c1)S(=O)[O-]. The Labute approximate surface area is 174 Å². The first kappa shape index (κ1) is 20.3. The fourth-order valence-electron chi connectivity index (χ4n) is 2.49. The van der Waals surface area contributed by atoms with Crippen LogP contribution in [-0.2, 0) is 11.3 Å². The zero-order valence-corrected chi connectivity index (χ0v) is 16.9. The Hall–Kier alpha value is -2.45. The summed E-state index contributed by atoms with van der Waals surface area (Å²) in [4.78, 5) is 16.9. The fraction of sp³-hybridized carbons (Fsp3) is 0.0526. The predicted octanol–water partition coefficient (Wildman–Crippen LogP) is 4.54. The largest absolute Gasteiger partial charge is 0.755 e. The Kier molecular flexibility index (Phi) is 6.31. The molecule has 1 N–H and O–H groups in total. The van der Waals surface area contributed by atoms with Gasteiger partial charge in [-0.05, 0) is 48.5 Å². The normalized spacial score (nSPS) is 11.7. The quantitative estimate of drug-likeness (QED) is 0.597. The molecule has 0 aliphatic rings. The number of amides is 1. The van der Waals surface area contributed by atoms with E-state index in [2.05, 4.69) is 10.3 Å². The molecule has 3 aromatic rings. The molecular formula is C19H14Cl2N3O3S-. The molecule has 1 unspecified atom stereocenters. The minimum absolute atomic E-state index is 0.131. The molecule has 0 radical (unpaired) electrons. The third kappa shape index (κ3) is 4.51. The van der Waals surface area contributed by atoms with Gasteiger partial charge in [0.2, 0.25) is 0 Å². The van der Waals surface area contributed by atoms with E-state index in [1.165, 1.54) is 25.2 Å². The smallest absolute Gasteiger partial charge is 0.257 e. The fourth-order valence-corrected chi connectivity index (χ4v) is 3.25. The highest BCUT2D eigenvalue weighted by Gasteiger charge is 2.14. The number of hydrogen-bond donors (Lipinski definition) is 1. The molecule has 0 aliphatic heterocycles. The van der Waals surface area contributed by atoms with E-state index < -0.39 is 17.2 Å². The molecule has 1 heterocycles. The van der Waals surface area contributed by atoms with E-state index in [4.69, 9.17) is 23.2 Å². The van der Waals surface area contributed by atoms with Crippen molar-refractivity contribution in [3.05, 3.63) is 76.4 Å². The number of nitrogens with one attached hydrogen (secondary N) is 1. The summed E-state index contributed by atoms with van der Waals surface area (Å²) >= 11 is 9.99. The molecule has 1 amide bonds. The molecule has 9 heteroatoms. The Balaban J connectivity index is 1.85. The summed E-state index contributed by atoms with van der Waals surface area (Å²) in [5.74, 6) is -0.434. The zero-order valence-electron chi connectivity index (χ0n) is 14.6. The number of hydrogen-bond acceptors (Lipinski definition) is 4. The van der Waals surface area contributed by atoms with Gasteiger partial charge in [0.05, 0.1) is 21.3 Å². The van der Waals surface area contributed by atoms with E-state index in [0.717, 1.165) is 4.31 Å². The lowest BCUT2D eigenvalue weighted by Crippen LogP contribution is -2.20. The van der Waals surface area contributed by atoms with Crippen molar-refractivity contribution in [1.82, 2.24) is 4.98 Å². The molecule has 3 rings (SSSR count). The first-order valence-corrected chi connectivity index (χ1v) is 9.80. The van der Waals surface area contributed by atoms with E-state index in [0.29, 0.717) is 27.7 Å².